The zero-order chi connectivity index (χ0) is 11.8. The van der Waals surface area contributed by atoms with Gasteiger partial charge >= 0.3 is 0 Å². The fraction of sp³-hybridized carbons (Fsp3) is 0.714. The Morgan fingerprint density at radius 2 is 2.06 bits per heavy atom. The second-order valence-corrected chi connectivity index (χ2v) is 5.70. The van der Waals surface area contributed by atoms with Crippen molar-refractivity contribution >= 4 is 0 Å². The van der Waals surface area contributed by atoms with Gasteiger partial charge < -0.3 is 0 Å². The monoisotopic (exact) mass is 231 g/mol. The molecule has 1 aliphatic heterocycles. The minimum Gasteiger partial charge on any atom is -0.297 e. The van der Waals surface area contributed by atoms with Crippen molar-refractivity contribution in [1.82, 2.24) is 14.9 Å². The van der Waals surface area contributed by atoms with Crippen LogP contribution in [0.5, 0.6) is 0 Å². The van der Waals surface area contributed by atoms with E-state index in [0.29, 0.717) is 11.8 Å². The predicted molar refractivity (Wildman–Crippen MR) is 68.0 cm³/mol. The molecule has 2 heterocycles. The third kappa shape index (κ3) is 2.49. The Labute approximate surface area is 103 Å². The Bertz CT molecular complexity index is 386. The molecule has 1 saturated carbocycles. The quantitative estimate of drug-likeness (QED) is 0.797. The normalized spacial score (nSPS) is 20.6. The molecule has 1 aliphatic carbocycles. The van der Waals surface area contributed by atoms with E-state index in [2.05, 4.69) is 24.8 Å². The zero-order valence-corrected chi connectivity index (χ0v) is 10.8. The van der Waals surface area contributed by atoms with Crippen LogP contribution in [0.3, 0.4) is 0 Å². The number of hydrogen-bond acceptors (Lipinski definition) is 3. The van der Waals surface area contributed by atoms with Crippen LogP contribution >= 0.6 is 0 Å². The summed E-state index contributed by atoms with van der Waals surface area (Å²) in [6.45, 7) is 7.92. The van der Waals surface area contributed by atoms with Crippen LogP contribution in [0, 0.1) is 0 Å². The van der Waals surface area contributed by atoms with Gasteiger partial charge in [0.15, 0.2) is 0 Å². The molecular weight excluding hydrogens is 210 g/mol. The number of nitrogens with zero attached hydrogens (tertiary/aromatic N) is 3. The van der Waals surface area contributed by atoms with E-state index in [-0.39, 0.29) is 0 Å². The highest BCUT2D eigenvalue weighted by Crippen LogP contribution is 2.38. The van der Waals surface area contributed by atoms with E-state index in [4.69, 9.17) is 9.97 Å². The molecule has 17 heavy (non-hydrogen) atoms. The largest absolute Gasteiger partial charge is 0.297 e. The maximum atomic E-state index is 4.75. The molecule has 3 heteroatoms. The highest BCUT2D eigenvalue weighted by Gasteiger charge is 2.28. The molecule has 92 valence electrons. The number of aromatic nitrogens is 2. The summed E-state index contributed by atoms with van der Waals surface area (Å²) in [5.41, 5.74) is 2.45. The van der Waals surface area contributed by atoms with Crippen molar-refractivity contribution in [3.63, 3.8) is 0 Å². The smallest absolute Gasteiger partial charge is 0.132 e. The molecule has 2 fully saturated rings. The Balaban J connectivity index is 1.84. The van der Waals surface area contributed by atoms with Gasteiger partial charge in [-0.05, 0) is 44.3 Å². The van der Waals surface area contributed by atoms with Gasteiger partial charge in [0.2, 0.25) is 0 Å². The first-order valence-electron chi connectivity index (χ1n) is 6.82. The van der Waals surface area contributed by atoms with Crippen LogP contribution in [0.2, 0.25) is 0 Å². The molecule has 0 N–H and O–H groups in total. The first-order chi connectivity index (χ1) is 8.22. The van der Waals surface area contributed by atoms with Crippen LogP contribution in [0.15, 0.2) is 6.07 Å². The first-order valence-corrected chi connectivity index (χ1v) is 6.82. The van der Waals surface area contributed by atoms with Gasteiger partial charge in [0.1, 0.15) is 5.82 Å². The van der Waals surface area contributed by atoms with E-state index in [0.717, 1.165) is 12.4 Å². The first kappa shape index (κ1) is 11.1. The van der Waals surface area contributed by atoms with Crippen molar-refractivity contribution in [2.45, 2.75) is 51.5 Å². The van der Waals surface area contributed by atoms with Crippen LogP contribution in [0.25, 0.3) is 0 Å². The summed E-state index contributed by atoms with van der Waals surface area (Å²) in [4.78, 5) is 11.9. The van der Waals surface area contributed by atoms with E-state index < -0.39 is 0 Å². The van der Waals surface area contributed by atoms with Crippen LogP contribution in [0.1, 0.15) is 62.2 Å². The molecule has 0 bridgehead atoms. The van der Waals surface area contributed by atoms with Crippen molar-refractivity contribution in [1.29, 1.82) is 0 Å². The summed E-state index contributed by atoms with van der Waals surface area (Å²) in [7, 11) is 0. The van der Waals surface area contributed by atoms with E-state index in [1.807, 2.05) is 0 Å². The molecule has 0 atom stereocenters. The van der Waals surface area contributed by atoms with Gasteiger partial charge in [0.25, 0.3) is 0 Å². The summed E-state index contributed by atoms with van der Waals surface area (Å²) in [6, 6.07) is 2.20. The summed E-state index contributed by atoms with van der Waals surface area (Å²) in [5.74, 6) is 2.27. The Morgan fingerprint density at radius 3 is 2.59 bits per heavy atom. The van der Waals surface area contributed by atoms with Crippen LogP contribution in [0.4, 0.5) is 0 Å². The lowest BCUT2D eigenvalue weighted by molar-refractivity contribution is 0.170. The number of hydrogen-bond donors (Lipinski definition) is 0. The Hall–Kier alpha value is -0.960. The molecule has 0 aromatic carbocycles. The maximum Gasteiger partial charge on any atom is 0.132 e. The predicted octanol–water partition coefficient (Wildman–Crippen LogP) is 2.68. The Kier molecular flexibility index (Phi) is 2.87. The molecular formula is C14H21N3. The van der Waals surface area contributed by atoms with Crippen molar-refractivity contribution in [3.8, 4) is 0 Å². The number of likely N-dealkylation sites (tertiary alicyclic amines) is 1. The molecule has 3 rings (SSSR count). The standard InChI is InChI=1S/C14H21N3/c1-10(2)13-8-12(9-17-6-3-7-17)15-14(16-13)11-4-5-11/h8,10-11H,3-7,9H2,1-2H3. The second kappa shape index (κ2) is 4.37. The molecule has 0 spiro atoms. The average molecular weight is 231 g/mol. The summed E-state index contributed by atoms with van der Waals surface area (Å²) in [6.07, 6.45) is 3.91. The third-order valence-corrected chi connectivity index (χ3v) is 3.68. The average Bonchev–Trinajstić information content (AvgIpc) is 3.06. The van der Waals surface area contributed by atoms with Crippen LogP contribution < -0.4 is 0 Å². The minimum atomic E-state index is 0.505. The molecule has 0 radical (unpaired) electrons. The Morgan fingerprint density at radius 1 is 1.29 bits per heavy atom. The van der Waals surface area contributed by atoms with Gasteiger partial charge in [-0.1, -0.05) is 13.8 Å². The lowest BCUT2D eigenvalue weighted by Gasteiger charge is -2.30. The van der Waals surface area contributed by atoms with Gasteiger partial charge in [-0.15, -0.1) is 0 Å². The lowest BCUT2D eigenvalue weighted by Crippen LogP contribution is -2.36. The molecule has 2 aliphatic rings. The van der Waals surface area contributed by atoms with Crippen LogP contribution in [-0.2, 0) is 6.54 Å². The number of rotatable bonds is 4. The van der Waals surface area contributed by atoms with Crippen molar-refractivity contribution in [2.75, 3.05) is 13.1 Å². The van der Waals surface area contributed by atoms with E-state index in [9.17, 15) is 0 Å². The summed E-state index contributed by atoms with van der Waals surface area (Å²) >= 11 is 0. The molecule has 1 saturated heterocycles. The van der Waals surface area contributed by atoms with E-state index >= 15 is 0 Å². The molecule has 0 unspecified atom stereocenters. The van der Waals surface area contributed by atoms with Crippen LogP contribution in [-0.4, -0.2) is 28.0 Å². The van der Waals surface area contributed by atoms with E-state index in [1.165, 1.54) is 43.7 Å². The fourth-order valence-corrected chi connectivity index (χ4v) is 2.21. The lowest BCUT2D eigenvalue weighted by atomic mass is 10.1. The van der Waals surface area contributed by atoms with Crippen molar-refractivity contribution in [2.24, 2.45) is 0 Å². The van der Waals surface area contributed by atoms with Gasteiger partial charge in [0, 0.05) is 18.2 Å². The topological polar surface area (TPSA) is 29.0 Å². The van der Waals surface area contributed by atoms with Gasteiger partial charge in [-0.3, -0.25) is 4.90 Å². The van der Waals surface area contributed by atoms with Crippen molar-refractivity contribution < 1.29 is 0 Å². The third-order valence-electron chi connectivity index (χ3n) is 3.68. The molecule has 3 nitrogen and oxygen atoms in total. The van der Waals surface area contributed by atoms with Gasteiger partial charge in [-0.2, -0.15) is 0 Å². The molecule has 1 aromatic heterocycles. The zero-order valence-electron chi connectivity index (χ0n) is 10.8. The summed E-state index contributed by atoms with van der Waals surface area (Å²) < 4.78 is 0. The van der Waals surface area contributed by atoms with E-state index in [1.54, 1.807) is 0 Å². The minimum absolute atomic E-state index is 0.505. The maximum absolute atomic E-state index is 4.75. The van der Waals surface area contributed by atoms with Crippen molar-refractivity contribution in [3.05, 3.63) is 23.3 Å². The molecule has 0 amide bonds. The highest BCUT2D eigenvalue weighted by molar-refractivity contribution is 5.18. The van der Waals surface area contributed by atoms with Gasteiger partial charge in [0.05, 0.1) is 5.69 Å². The fourth-order valence-electron chi connectivity index (χ4n) is 2.21. The highest BCUT2D eigenvalue weighted by atomic mass is 15.2. The second-order valence-electron chi connectivity index (χ2n) is 5.70. The summed E-state index contributed by atoms with van der Waals surface area (Å²) in [5, 5.41) is 0. The van der Waals surface area contributed by atoms with Gasteiger partial charge in [-0.25, -0.2) is 9.97 Å². The SMILES string of the molecule is CC(C)c1cc(CN2CCC2)nc(C2CC2)n1. The molecule has 1 aromatic rings.